The summed E-state index contributed by atoms with van der Waals surface area (Å²) in [5.41, 5.74) is 0.551. The Kier molecular flexibility index (Phi) is 3.20. The third-order valence-corrected chi connectivity index (χ3v) is 1.54. The van der Waals surface area contributed by atoms with Gasteiger partial charge in [-0.1, -0.05) is 18.2 Å². The number of ether oxygens (including phenoxy) is 1. The molecule has 0 heterocycles. The molecule has 3 heteroatoms. The lowest BCUT2D eigenvalue weighted by Gasteiger charge is -2.02. The predicted molar refractivity (Wildman–Crippen MR) is 48.1 cm³/mol. The van der Waals surface area contributed by atoms with Gasteiger partial charge in [-0.2, -0.15) is 0 Å². The van der Waals surface area contributed by atoms with Crippen LogP contribution in [0.5, 0.6) is 5.75 Å². The van der Waals surface area contributed by atoms with Gasteiger partial charge in [0.25, 0.3) is 0 Å². The fraction of sp³-hybridized carbons (Fsp3) is 0.100. The smallest absolute Gasteiger partial charge is 0.178 e. The third kappa shape index (κ3) is 2.40. The second-order valence-corrected chi connectivity index (χ2v) is 2.39. The Labute approximate surface area is 75.6 Å². The molecule has 0 spiro atoms. The Morgan fingerprint density at radius 3 is 2.77 bits per heavy atom. The molecule has 1 aromatic carbocycles. The van der Waals surface area contributed by atoms with Gasteiger partial charge in [0, 0.05) is 5.56 Å². The third-order valence-electron chi connectivity index (χ3n) is 1.54. The highest BCUT2D eigenvalue weighted by Gasteiger charge is 1.99. The van der Waals surface area contributed by atoms with Crippen LogP contribution in [0.15, 0.2) is 30.1 Å². The molecule has 68 valence electrons. The Morgan fingerprint density at radius 2 is 2.15 bits per heavy atom. The zero-order valence-corrected chi connectivity index (χ0v) is 7.16. The summed E-state index contributed by atoms with van der Waals surface area (Å²) in [6, 6.07) is 6.88. The van der Waals surface area contributed by atoms with Gasteiger partial charge in [0.05, 0.1) is 7.11 Å². The summed E-state index contributed by atoms with van der Waals surface area (Å²) in [6.07, 6.45) is 1.29. The lowest BCUT2D eigenvalue weighted by Crippen LogP contribution is -1.86. The van der Waals surface area contributed by atoms with Crippen LogP contribution in [-0.4, -0.2) is 13.4 Å². The van der Waals surface area contributed by atoms with Gasteiger partial charge in [0.2, 0.25) is 0 Å². The molecular formula is C10H9FO2. The van der Waals surface area contributed by atoms with Crippen molar-refractivity contribution in [3.63, 3.8) is 0 Å². The molecule has 1 rings (SSSR count). The van der Waals surface area contributed by atoms with Crippen LogP contribution in [0.4, 0.5) is 4.39 Å². The standard InChI is InChI=1S/C10H9FO2/c1-13-10-5-3-2-4-8(10)6-9(11)7-12/h2-7H,1H3. The summed E-state index contributed by atoms with van der Waals surface area (Å²) < 4.78 is 17.5. The van der Waals surface area contributed by atoms with Crippen LogP contribution in [-0.2, 0) is 4.79 Å². The predicted octanol–water partition coefficient (Wildman–Crippen LogP) is 2.20. The van der Waals surface area contributed by atoms with Crippen molar-refractivity contribution in [3.8, 4) is 5.75 Å². The molecule has 0 aliphatic carbocycles. The van der Waals surface area contributed by atoms with E-state index in [-0.39, 0.29) is 6.29 Å². The number of benzene rings is 1. The van der Waals surface area contributed by atoms with E-state index in [1.54, 1.807) is 24.3 Å². The summed E-state index contributed by atoms with van der Waals surface area (Å²) in [5.74, 6) is -0.274. The molecule has 13 heavy (non-hydrogen) atoms. The number of allylic oxidation sites excluding steroid dienone is 1. The largest absolute Gasteiger partial charge is 0.496 e. The van der Waals surface area contributed by atoms with Crippen molar-refractivity contribution in [2.75, 3.05) is 7.11 Å². The first-order valence-corrected chi connectivity index (χ1v) is 3.73. The van der Waals surface area contributed by atoms with Crippen LogP contribution in [0.3, 0.4) is 0 Å². The molecule has 0 bridgehead atoms. The molecule has 0 saturated heterocycles. The zero-order valence-electron chi connectivity index (χ0n) is 7.16. The highest BCUT2D eigenvalue weighted by molar-refractivity contribution is 5.79. The zero-order chi connectivity index (χ0) is 9.68. The number of halogens is 1. The minimum Gasteiger partial charge on any atom is -0.496 e. The number of carbonyl (C=O) groups excluding carboxylic acids is 1. The number of carbonyl (C=O) groups is 1. The SMILES string of the molecule is COc1ccccc1C=C(F)C=O. The second kappa shape index (κ2) is 4.40. The lowest BCUT2D eigenvalue weighted by molar-refractivity contribution is -0.106. The average molecular weight is 180 g/mol. The highest BCUT2D eigenvalue weighted by Crippen LogP contribution is 2.19. The van der Waals surface area contributed by atoms with Gasteiger partial charge in [-0.05, 0) is 12.1 Å². The molecule has 0 saturated carbocycles. The molecule has 0 fully saturated rings. The summed E-state index contributed by atoms with van der Waals surface area (Å²) in [6.45, 7) is 0. The second-order valence-electron chi connectivity index (χ2n) is 2.39. The summed E-state index contributed by atoms with van der Waals surface area (Å²) in [7, 11) is 1.49. The van der Waals surface area contributed by atoms with Crippen LogP contribution < -0.4 is 4.74 Å². The number of aldehydes is 1. The van der Waals surface area contributed by atoms with Crippen molar-refractivity contribution in [1.82, 2.24) is 0 Å². The van der Waals surface area contributed by atoms with Crippen molar-refractivity contribution in [2.45, 2.75) is 0 Å². The molecule has 0 N–H and O–H groups in total. The highest BCUT2D eigenvalue weighted by atomic mass is 19.1. The van der Waals surface area contributed by atoms with Gasteiger partial charge < -0.3 is 4.74 Å². The Bertz CT molecular complexity index is 331. The first-order chi connectivity index (χ1) is 6.27. The molecule has 0 unspecified atom stereocenters. The first-order valence-electron chi connectivity index (χ1n) is 3.73. The number of hydrogen-bond donors (Lipinski definition) is 0. The van der Waals surface area contributed by atoms with Crippen LogP contribution in [0, 0.1) is 0 Å². The minimum absolute atomic E-state index is 0.159. The van der Waals surface area contributed by atoms with Crippen LogP contribution in [0.25, 0.3) is 6.08 Å². The van der Waals surface area contributed by atoms with Gasteiger partial charge in [0.1, 0.15) is 5.75 Å². The van der Waals surface area contributed by atoms with E-state index in [1.807, 2.05) is 0 Å². The van der Waals surface area contributed by atoms with Crippen LogP contribution >= 0.6 is 0 Å². The van der Waals surface area contributed by atoms with Crippen LogP contribution in [0.1, 0.15) is 5.56 Å². The maximum Gasteiger partial charge on any atom is 0.178 e. The summed E-state index contributed by atoms with van der Waals surface area (Å²) in [5, 5.41) is 0. The van der Waals surface area contributed by atoms with Crippen molar-refractivity contribution in [2.24, 2.45) is 0 Å². The average Bonchev–Trinajstić information content (AvgIpc) is 2.18. The van der Waals surface area contributed by atoms with E-state index >= 15 is 0 Å². The normalized spacial score (nSPS) is 11.1. The van der Waals surface area contributed by atoms with Gasteiger partial charge in [-0.25, -0.2) is 4.39 Å². The molecule has 0 aromatic heterocycles. The number of hydrogen-bond acceptors (Lipinski definition) is 2. The monoisotopic (exact) mass is 180 g/mol. The Hall–Kier alpha value is -1.64. The number of methoxy groups -OCH3 is 1. The maximum atomic E-state index is 12.6. The van der Waals surface area contributed by atoms with E-state index < -0.39 is 5.83 Å². The Balaban J connectivity index is 3.06. The Morgan fingerprint density at radius 1 is 1.46 bits per heavy atom. The van der Waals surface area contributed by atoms with Crippen LogP contribution in [0.2, 0.25) is 0 Å². The van der Waals surface area contributed by atoms with Gasteiger partial charge in [-0.3, -0.25) is 4.79 Å². The first kappa shape index (κ1) is 9.45. The molecule has 0 atom stereocenters. The van der Waals surface area contributed by atoms with Gasteiger partial charge in [-0.15, -0.1) is 0 Å². The molecule has 0 aliphatic rings. The van der Waals surface area contributed by atoms with E-state index in [0.717, 1.165) is 6.08 Å². The van der Waals surface area contributed by atoms with Crippen molar-refractivity contribution in [1.29, 1.82) is 0 Å². The molecular weight excluding hydrogens is 171 g/mol. The topological polar surface area (TPSA) is 26.3 Å². The summed E-state index contributed by atoms with van der Waals surface area (Å²) in [4.78, 5) is 10.0. The quantitative estimate of drug-likeness (QED) is 0.526. The fourth-order valence-corrected chi connectivity index (χ4v) is 0.968. The molecule has 2 nitrogen and oxygen atoms in total. The van der Waals surface area contributed by atoms with E-state index in [1.165, 1.54) is 7.11 Å². The van der Waals surface area contributed by atoms with Crippen molar-refractivity contribution < 1.29 is 13.9 Å². The summed E-state index contributed by atoms with van der Waals surface area (Å²) >= 11 is 0. The fourth-order valence-electron chi connectivity index (χ4n) is 0.968. The number of rotatable bonds is 3. The lowest BCUT2D eigenvalue weighted by atomic mass is 10.2. The van der Waals surface area contributed by atoms with Gasteiger partial charge >= 0.3 is 0 Å². The molecule has 0 aliphatic heterocycles. The van der Waals surface area contributed by atoms with E-state index in [9.17, 15) is 9.18 Å². The van der Waals surface area contributed by atoms with Crippen molar-refractivity contribution >= 4 is 12.4 Å². The van der Waals surface area contributed by atoms with E-state index in [0.29, 0.717) is 11.3 Å². The molecule has 0 amide bonds. The van der Waals surface area contributed by atoms with E-state index in [4.69, 9.17) is 4.74 Å². The number of para-hydroxylation sites is 1. The van der Waals surface area contributed by atoms with Gasteiger partial charge in [0.15, 0.2) is 12.1 Å². The minimum atomic E-state index is -0.815. The molecule has 1 aromatic rings. The van der Waals surface area contributed by atoms with Crippen molar-refractivity contribution in [3.05, 3.63) is 35.7 Å². The maximum absolute atomic E-state index is 12.6. The molecule has 0 radical (unpaired) electrons. The van der Waals surface area contributed by atoms with E-state index in [2.05, 4.69) is 0 Å².